The van der Waals surface area contributed by atoms with E-state index >= 15 is 0 Å². The molecule has 0 spiro atoms. The maximum absolute atomic E-state index is 14.8. The van der Waals surface area contributed by atoms with E-state index in [1.54, 1.807) is 23.1 Å². The molecule has 4 heterocycles. The fourth-order valence-corrected chi connectivity index (χ4v) is 6.19. The predicted octanol–water partition coefficient (Wildman–Crippen LogP) is 5.23. The first-order chi connectivity index (χ1) is 17.6. The Kier molecular flexibility index (Phi) is 5.76. The lowest BCUT2D eigenvalue weighted by Gasteiger charge is -2.37. The summed E-state index contributed by atoms with van der Waals surface area (Å²) in [5, 5.41) is 3.66. The second-order valence-electron chi connectivity index (χ2n) is 10.5. The van der Waals surface area contributed by atoms with Crippen LogP contribution in [0.15, 0.2) is 41.0 Å². The summed E-state index contributed by atoms with van der Waals surface area (Å²) in [6.45, 7) is 3.90. The second-order valence-corrected chi connectivity index (χ2v) is 13.0. The van der Waals surface area contributed by atoms with Crippen molar-refractivity contribution >= 4 is 38.2 Å². The van der Waals surface area contributed by atoms with Gasteiger partial charge in [-0.05, 0) is 79.6 Å². The summed E-state index contributed by atoms with van der Waals surface area (Å²) in [6, 6.07) is 8.02. The number of anilines is 2. The quantitative estimate of drug-likeness (QED) is 0.397. The molecule has 1 unspecified atom stereocenters. The summed E-state index contributed by atoms with van der Waals surface area (Å²) in [5.41, 5.74) is 6.42. The monoisotopic (exact) mass is 519 g/mol. The number of aryl methyl sites for hydroxylation is 2. The van der Waals surface area contributed by atoms with E-state index in [-0.39, 0.29) is 0 Å². The Labute approximate surface area is 216 Å². The number of likely N-dealkylation sites (N-methyl/N-ethyl adjacent to an activating group) is 1. The highest BCUT2D eigenvalue weighted by molar-refractivity contribution is 7.92. The number of halogens is 1. The van der Waals surface area contributed by atoms with E-state index in [0.717, 1.165) is 30.8 Å². The highest BCUT2D eigenvalue weighted by Gasteiger charge is 2.29. The molecular formula is C27H30FN7OS. The number of hydrogen-bond donors (Lipinski definition) is 1. The molecule has 3 aromatic heterocycles. The zero-order valence-electron chi connectivity index (χ0n) is 21.5. The van der Waals surface area contributed by atoms with Gasteiger partial charge in [-0.25, -0.2) is 18.6 Å². The number of rotatable bonds is 4. The van der Waals surface area contributed by atoms with E-state index in [4.69, 9.17) is 0 Å². The molecule has 1 N–H and O–H groups in total. The third kappa shape index (κ3) is 4.59. The van der Waals surface area contributed by atoms with Crippen molar-refractivity contribution in [1.29, 1.82) is 0 Å². The number of aromatic nitrogens is 4. The lowest BCUT2D eigenvalue weighted by Crippen LogP contribution is -2.33. The van der Waals surface area contributed by atoms with Crippen molar-refractivity contribution in [3.8, 4) is 5.82 Å². The number of hydrogen-bond acceptors (Lipinski definition) is 7. The zero-order valence-corrected chi connectivity index (χ0v) is 22.3. The van der Waals surface area contributed by atoms with Crippen LogP contribution in [0.4, 0.5) is 21.8 Å². The third-order valence-electron chi connectivity index (χ3n) is 7.09. The van der Waals surface area contributed by atoms with Gasteiger partial charge in [-0.3, -0.25) is 4.57 Å². The lowest BCUT2D eigenvalue weighted by atomic mass is 9.77. The highest BCUT2D eigenvalue weighted by Crippen LogP contribution is 2.40. The van der Waals surface area contributed by atoms with Crippen LogP contribution < -0.4 is 5.32 Å². The normalized spacial score (nSPS) is 17.6. The van der Waals surface area contributed by atoms with Gasteiger partial charge in [0.2, 0.25) is 5.95 Å². The predicted molar refractivity (Wildman–Crippen MR) is 145 cm³/mol. The number of benzene rings is 1. The molecule has 192 valence electrons. The van der Waals surface area contributed by atoms with Crippen molar-refractivity contribution in [2.75, 3.05) is 31.4 Å². The minimum atomic E-state index is -2.40. The molecule has 0 bridgehead atoms. The van der Waals surface area contributed by atoms with Crippen LogP contribution >= 0.6 is 0 Å². The maximum atomic E-state index is 14.8. The average Bonchev–Trinajstić information content (AvgIpc) is 3.15. The van der Waals surface area contributed by atoms with Crippen molar-refractivity contribution in [3.05, 3.63) is 64.7 Å². The summed E-state index contributed by atoms with van der Waals surface area (Å²) in [6.07, 6.45) is 9.49. The van der Waals surface area contributed by atoms with Crippen LogP contribution in [0.3, 0.4) is 0 Å². The van der Waals surface area contributed by atoms with Crippen molar-refractivity contribution < 1.29 is 8.60 Å². The van der Waals surface area contributed by atoms with Gasteiger partial charge in [0.15, 0.2) is 17.3 Å². The summed E-state index contributed by atoms with van der Waals surface area (Å²) < 4.78 is 33.0. The van der Waals surface area contributed by atoms with Gasteiger partial charge in [-0.1, -0.05) is 6.07 Å². The van der Waals surface area contributed by atoms with E-state index in [2.05, 4.69) is 48.7 Å². The largest absolute Gasteiger partial charge is 0.324 e. The Morgan fingerprint density at radius 1 is 1.19 bits per heavy atom. The van der Waals surface area contributed by atoms with Crippen LogP contribution in [-0.4, -0.2) is 54.7 Å². The molecule has 0 amide bonds. The SMILES string of the molecule is Cc1ccc(-n2cc(F)c3cnc(Nc4cc5c6c(c4)CN(C)CC6CCC5)nc32)nc1N=S(C)(C)=O. The van der Waals surface area contributed by atoms with Crippen LogP contribution in [0.1, 0.15) is 41.0 Å². The molecule has 1 atom stereocenters. The van der Waals surface area contributed by atoms with Gasteiger partial charge in [0, 0.05) is 53.4 Å². The minimum absolute atomic E-state index is 0.297. The number of pyridine rings is 1. The second kappa shape index (κ2) is 8.88. The first-order valence-electron chi connectivity index (χ1n) is 12.4. The van der Waals surface area contributed by atoms with Crippen molar-refractivity contribution in [3.63, 3.8) is 0 Å². The van der Waals surface area contributed by atoms with Crippen LogP contribution in [0, 0.1) is 12.7 Å². The molecule has 1 aromatic carbocycles. The standard InChI is InChI=1S/C27H30FN7OS/c1-16-8-9-23(31-25(16)33-37(3,4)36)35-15-22(28)21-12-29-27(32-26(21)35)30-20-10-17-6-5-7-18-13-34(2)14-19(11-20)24(17)18/h8-12,15,18H,5-7,13-14H2,1-4H3,(H,29,30,32). The Morgan fingerprint density at radius 3 is 2.81 bits per heavy atom. The molecule has 6 rings (SSSR count). The van der Waals surface area contributed by atoms with E-state index in [1.807, 2.05) is 13.0 Å². The molecule has 0 radical (unpaired) electrons. The fraction of sp³-hybridized carbons (Fsp3) is 0.370. The molecule has 2 aliphatic rings. The summed E-state index contributed by atoms with van der Waals surface area (Å²) in [5.74, 6) is 1.37. The molecule has 37 heavy (non-hydrogen) atoms. The molecule has 1 aliphatic heterocycles. The van der Waals surface area contributed by atoms with E-state index in [0.29, 0.717) is 34.5 Å². The zero-order chi connectivity index (χ0) is 25.9. The van der Waals surface area contributed by atoms with Gasteiger partial charge in [0.1, 0.15) is 5.82 Å². The molecule has 0 saturated carbocycles. The Morgan fingerprint density at radius 2 is 2.00 bits per heavy atom. The number of nitrogens with zero attached hydrogens (tertiary/aromatic N) is 6. The van der Waals surface area contributed by atoms with Gasteiger partial charge >= 0.3 is 0 Å². The van der Waals surface area contributed by atoms with Crippen molar-refractivity contribution in [2.24, 2.45) is 4.36 Å². The van der Waals surface area contributed by atoms with Gasteiger partial charge in [0.05, 0.1) is 5.39 Å². The van der Waals surface area contributed by atoms with Crippen LogP contribution in [0.5, 0.6) is 0 Å². The van der Waals surface area contributed by atoms with Gasteiger partial charge in [-0.2, -0.15) is 9.35 Å². The van der Waals surface area contributed by atoms with Crippen LogP contribution in [-0.2, 0) is 22.7 Å². The Balaban J connectivity index is 1.40. The fourth-order valence-electron chi connectivity index (χ4n) is 5.59. The summed E-state index contributed by atoms with van der Waals surface area (Å²) in [7, 11) is -0.227. The first kappa shape index (κ1) is 24.0. The van der Waals surface area contributed by atoms with Crippen molar-refractivity contribution in [2.45, 2.75) is 38.6 Å². The smallest absolute Gasteiger partial charge is 0.229 e. The number of nitrogens with one attached hydrogen (secondary N) is 1. The van der Waals surface area contributed by atoms with E-state index < -0.39 is 15.5 Å². The third-order valence-corrected chi connectivity index (χ3v) is 7.70. The lowest BCUT2D eigenvalue weighted by molar-refractivity contribution is 0.266. The van der Waals surface area contributed by atoms with E-state index in [1.165, 1.54) is 41.9 Å². The average molecular weight is 520 g/mol. The first-order valence-corrected chi connectivity index (χ1v) is 14.8. The summed E-state index contributed by atoms with van der Waals surface area (Å²) >= 11 is 0. The van der Waals surface area contributed by atoms with E-state index in [9.17, 15) is 8.60 Å². The molecule has 10 heteroatoms. The summed E-state index contributed by atoms with van der Waals surface area (Å²) in [4.78, 5) is 16.0. The van der Waals surface area contributed by atoms with Crippen LogP contribution in [0.2, 0.25) is 0 Å². The minimum Gasteiger partial charge on any atom is -0.324 e. The Hall–Kier alpha value is -3.37. The van der Waals surface area contributed by atoms with Gasteiger partial charge in [0.25, 0.3) is 0 Å². The molecule has 0 saturated heterocycles. The molecular weight excluding hydrogens is 489 g/mol. The highest BCUT2D eigenvalue weighted by atomic mass is 32.2. The topological polar surface area (TPSA) is 88.3 Å². The molecule has 1 aliphatic carbocycles. The molecule has 8 nitrogen and oxygen atoms in total. The number of fused-ring (bicyclic) bond motifs is 1. The van der Waals surface area contributed by atoms with Crippen LogP contribution in [0.25, 0.3) is 16.9 Å². The van der Waals surface area contributed by atoms with Gasteiger partial charge < -0.3 is 10.2 Å². The Bertz CT molecular complexity index is 1660. The molecule has 4 aromatic rings. The molecule has 0 fully saturated rings. The maximum Gasteiger partial charge on any atom is 0.229 e. The van der Waals surface area contributed by atoms with Crippen molar-refractivity contribution in [1.82, 2.24) is 24.4 Å². The van der Waals surface area contributed by atoms with Gasteiger partial charge in [-0.15, -0.1) is 0 Å².